The minimum absolute atomic E-state index is 0.0154. The van der Waals surface area contributed by atoms with E-state index in [0.29, 0.717) is 17.1 Å². The lowest BCUT2D eigenvalue weighted by molar-refractivity contribution is 0.0988. The van der Waals surface area contributed by atoms with Crippen LogP contribution in [0.15, 0.2) is 50.3 Å². The highest BCUT2D eigenvalue weighted by Crippen LogP contribution is 2.18. The highest BCUT2D eigenvalue weighted by molar-refractivity contribution is 7.92. The number of aryl methyl sites for hydroxylation is 2. The van der Waals surface area contributed by atoms with E-state index < -0.39 is 15.9 Å². The maximum atomic E-state index is 12.3. The lowest BCUT2D eigenvalue weighted by Gasteiger charge is -2.07. The fraction of sp³-hybridized carbons (Fsp3) is 0.133. The first kappa shape index (κ1) is 16.7. The van der Waals surface area contributed by atoms with Gasteiger partial charge in [-0.1, -0.05) is 10.3 Å². The fourth-order valence-electron chi connectivity index (χ4n) is 1.99. The summed E-state index contributed by atoms with van der Waals surface area (Å²) in [4.78, 5) is 12.0. The van der Waals surface area contributed by atoms with Gasteiger partial charge >= 0.3 is 0 Å². The SMILES string of the molecule is Cc1cc(C(=O)Nc2ccc(S(=O)(=O)Nc3cc(C)on3)cc2)on1. The van der Waals surface area contributed by atoms with E-state index in [4.69, 9.17) is 9.05 Å². The van der Waals surface area contributed by atoms with Crippen LogP contribution < -0.4 is 10.0 Å². The first-order chi connectivity index (χ1) is 11.8. The third kappa shape index (κ3) is 3.86. The number of aromatic nitrogens is 2. The van der Waals surface area contributed by atoms with E-state index in [1.807, 2.05) is 0 Å². The number of hydrogen-bond donors (Lipinski definition) is 2. The summed E-state index contributed by atoms with van der Waals surface area (Å²) in [6, 6.07) is 8.60. The molecule has 0 atom stereocenters. The van der Waals surface area contributed by atoms with Crippen molar-refractivity contribution in [2.75, 3.05) is 10.0 Å². The van der Waals surface area contributed by atoms with Crippen LogP contribution in [0.5, 0.6) is 0 Å². The number of nitrogens with one attached hydrogen (secondary N) is 2. The van der Waals surface area contributed by atoms with E-state index in [9.17, 15) is 13.2 Å². The van der Waals surface area contributed by atoms with Gasteiger partial charge in [0.1, 0.15) is 5.76 Å². The molecule has 1 amide bonds. The van der Waals surface area contributed by atoms with E-state index in [-0.39, 0.29) is 16.5 Å². The Hall–Kier alpha value is -3.14. The van der Waals surface area contributed by atoms with Gasteiger partial charge < -0.3 is 14.4 Å². The van der Waals surface area contributed by atoms with Crippen molar-refractivity contribution in [3.05, 3.63) is 53.6 Å². The number of rotatable bonds is 5. The molecule has 0 spiro atoms. The average molecular weight is 362 g/mol. The Morgan fingerprint density at radius 3 is 2.32 bits per heavy atom. The standard InChI is InChI=1S/C15H14N4O5S/c1-9-7-13(24-17-9)15(20)16-11-3-5-12(6-4-11)25(21,22)19-14-8-10(2)23-18-14/h3-8H,1-2H3,(H,16,20)(H,18,19). The first-order valence-electron chi connectivity index (χ1n) is 7.14. The van der Waals surface area contributed by atoms with Gasteiger partial charge in [0, 0.05) is 17.8 Å². The number of nitrogens with zero attached hydrogens (tertiary/aromatic N) is 2. The summed E-state index contributed by atoms with van der Waals surface area (Å²) >= 11 is 0. The molecule has 2 heterocycles. The highest BCUT2D eigenvalue weighted by atomic mass is 32.2. The van der Waals surface area contributed by atoms with E-state index in [1.165, 1.54) is 36.4 Å². The summed E-state index contributed by atoms with van der Waals surface area (Å²) in [6.45, 7) is 3.35. The van der Waals surface area contributed by atoms with E-state index in [2.05, 4.69) is 20.4 Å². The third-order valence-corrected chi connectivity index (χ3v) is 4.51. The molecule has 0 aliphatic heterocycles. The maximum absolute atomic E-state index is 12.3. The number of hydrogen-bond acceptors (Lipinski definition) is 7. The van der Waals surface area contributed by atoms with Crippen molar-refractivity contribution >= 4 is 27.4 Å². The number of anilines is 2. The minimum atomic E-state index is -3.81. The van der Waals surface area contributed by atoms with Gasteiger partial charge in [0.2, 0.25) is 5.76 Å². The molecule has 2 aromatic heterocycles. The number of benzene rings is 1. The summed E-state index contributed by atoms with van der Waals surface area (Å²) in [5.74, 6) is 0.165. The Labute approximate surface area is 143 Å². The number of sulfonamides is 1. The smallest absolute Gasteiger partial charge is 0.294 e. The molecule has 25 heavy (non-hydrogen) atoms. The second-order valence-corrected chi connectivity index (χ2v) is 6.92. The van der Waals surface area contributed by atoms with Gasteiger partial charge in [-0.25, -0.2) is 8.42 Å². The normalized spacial score (nSPS) is 11.3. The van der Waals surface area contributed by atoms with E-state index in [0.717, 1.165) is 0 Å². The quantitative estimate of drug-likeness (QED) is 0.713. The molecule has 0 radical (unpaired) electrons. The van der Waals surface area contributed by atoms with Crippen LogP contribution in [0.4, 0.5) is 11.5 Å². The van der Waals surface area contributed by atoms with Crippen molar-refractivity contribution in [3.63, 3.8) is 0 Å². The predicted octanol–water partition coefficient (Wildman–Crippen LogP) is 2.33. The Morgan fingerprint density at radius 2 is 1.76 bits per heavy atom. The van der Waals surface area contributed by atoms with Gasteiger partial charge in [-0.05, 0) is 38.1 Å². The zero-order valence-corrected chi connectivity index (χ0v) is 14.1. The van der Waals surface area contributed by atoms with Gasteiger partial charge in [-0.2, -0.15) is 0 Å². The molecular weight excluding hydrogens is 348 g/mol. The number of carbonyl (C=O) groups is 1. The molecule has 0 saturated heterocycles. The van der Waals surface area contributed by atoms with Crippen LogP contribution in [0.25, 0.3) is 0 Å². The highest BCUT2D eigenvalue weighted by Gasteiger charge is 2.17. The van der Waals surface area contributed by atoms with Crippen LogP contribution in [0.1, 0.15) is 22.0 Å². The zero-order chi connectivity index (χ0) is 18.0. The lowest BCUT2D eigenvalue weighted by atomic mass is 10.3. The molecule has 3 rings (SSSR count). The van der Waals surface area contributed by atoms with Gasteiger partial charge in [0.25, 0.3) is 15.9 Å². The molecule has 9 nitrogen and oxygen atoms in total. The molecule has 0 bridgehead atoms. The Kier molecular flexibility index (Phi) is 4.28. The van der Waals surface area contributed by atoms with Crippen molar-refractivity contribution < 1.29 is 22.3 Å². The summed E-state index contributed by atoms with van der Waals surface area (Å²) in [5.41, 5.74) is 0.996. The topological polar surface area (TPSA) is 127 Å². The monoisotopic (exact) mass is 362 g/mol. The van der Waals surface area contributed by atoms with Crippen molar-refractivity contribution in [1.82, 2.24) is 10.3 Å². The van der Waals surface area contributed by atoms with E-state index >= 15 is 0 Å². The largest absolute Gasteiger partial charge is 0.360 e. The van der Waals surface area contributed by atoms with E-state index in [1.54, 1.807) is 13.8 Å². The molecule has 0 saturated carbocycles. The molecule has 0 aliphatic rings. The second-order valence-electron chi connectivity index (χ2n) is 5.24. The molecule has 3 aromatic rings. The molecule has 130 valence electrons. The van der Waals surface area contributed by atoms with Gasteiger partial charge in [-0.3, -0.25) is 9.52 Å². The van der Waals surface area contributed by atoms with Crippen molar-refractivity contribution in [2.45, 2.75) is 18.7 Å². The van der Waals surface area contributed by atoms with Gasteiger partial charge in [-0.15, -0.1) is 0 Å². The van der Waals surface area contributed by atoms with Crippen LogP contribution >= 0.6 is 0 Å². The van der Waals surface area contributed by atoms with Crippen LogP contribution in [0, 0.1) is 13.8 Å². The van der Waals surface area contributed by atoms with Gasteiger partial charge in [0.05, 0.1) is 10.6 Å². The van der Waals surface area contributed by atoms with Crippen LogP contribution in [-0.4, -0.2) is 24.6 Å². The molecule has 0 unspecified atom stereocenters. The maximum Gasteiger partial charge on any atom is 0.294 e. The Balaban J connectivity index is 1.72. The Bertz CT molecular complexity index is 1000. The minimum Gasteiger partial charge on any atom is -0.360 e. The summed E-state index contributed by atoms with van der Waals surface area (Å²) in [5, 5.41) is 9.80. The molecular formula is C15H14N4O5S. The average Bonchev–Trinajstić information content (AvgIpc) is 3.16. The fourth-order valence-corrected chi connectivity index (χ4v) is 2.98. The Morgan fingerprint density at radius 1 is 1.04 bits per heavy atom. The van der Waals surface area contributed by atoms with Crippen LogP contribution in [0.2, 0.25) is 0 Å². The lowest BCUT2D eigenvalue weighted by Crippen LogP contribution is -2.14. The van der Waals surface area contributed by atoms with Crippen LogP contribution in [-0.2, 0) is 10.0 Å². The summed E-state index contributed by atoms with van der Waals surface area (Å²) < 4.78 is 36.5. The summed E-state index contributed by atoms with van der Waals surface area (Å²) in [7, 11) is -3.81. The molecule has 0 fully saturated rings. The third-order valence-electron chi connectivity index (χ3n) is 3.14. The molecule has 2 N–H and O–H groups in total. The van der Waals surface area contributed by atoms with Crippen molar-refractivity contribution in [3.8, 4) is 0 Å². The molecule has 10 heteroatoms. The second kappa shape index (κ2) is 6.40. The zero-order valence-electron chi connectivity index (χ0n) is 13.3. The number of amides is 1. The van der Waals surface area contributed by atoms with Crippen molar-refractivity contribution in [1.29, 1.82) is 0 Å². The molecule has 0 aliphatic carbocycles. The first-order valence-corrected chi connectivity index (χ1v) is 8.63. The van der Waals surface area contributed by atoms with Crippen molar-refractivity contribution in [2.24, 2.45) is 0 Å². The van der Waals surface area contributed by atoms with Gasteiger partial charge in [0.15, 0.2) is 5.82 Å². The van der Waals surface area contributed by atoms with Crippen LogP contribution in [0.3, 0.4) is 0 Å². The number of carbonyl (C=O) groups excluding carboxylic acids is 1. The summed E-state index contributed by atoms with van der Waals surface area (Å²) in [6.07, 6.45) is 0. The predicted molar refractivity (Wildman–Crippen MR) is 87.7 cm³/mol. The molecule has 1 aromatic carbocycles.